The number of benzene rings is 1. The number of amides is 1. The van der Waals surface area contributed by atoms with Gasteiger partial charge in [-0.25, -0.2) is 4.79 Å². The molecule has 6 heteroatoms. The predicted molar refractivity (Wildman–Crippen MR) is 74.2 cm³/mol. The lowest BCUT2D eigenvalue weighted by atomic mass is 10.2. The van der Waals surface area contributed by atoms with Gasteiger partial charge >= 0.3 is 5.97 Å². The minimum absolute atomic E-state index is 0.0424. The van der Waals surface area contributed by atoms with Crippen molar-refractivity contribution in [3.63, 3.8) is 0 Å². The van der Waals surface area contributed by atoms with Crippen LogP contribution in [0.15, 0.2) is 30.3 Å². The van der Waals surface area contributed by atoms with Gasteiger partial charge in [-0.15, -0.1) is 0 Å². The van der Waals surface area contributed by atoms with Gasteiger partial charge in [0.25, 0.3) is 0 Å². The Labute approximate surface area is 121 Å². The van der Waals surface area contributed by atoms with E-state index in [0.29, 0.717) is 5.02 Å². The Bertz CT molecular complexity index is 541. The Morgan fingerprint density at radius 3 is 2.55 bits per heavy atom. The molecule has 1 aromatic rings. The first-order valence-electron chi connectivity index (χ1n) is 6.12. The van der Waals surface area contributed by atoms with Crippen LogP contribution in [0.2, 0.25) is 5.02 Å². The zero-order valence-corrected chi connectivity index (χ0v) is 11.3. The number of aliphatic hydroxyl groups excluding tert-OH is 1. The highest BCUT2D eigenvalue weighted by atomic mass is 35.5. The number of carboxylic acids is 1. The maximum Gasteiger partial charge on any atom is 0.326 e. The summed E-state index contributed by atoms with van der Waals surface area (Å²) < 4.78 is 0. The number of halogens is 1. The molecule has 2 rings (SSSR count). The molecule has 0 aromatic heterocycles. The summed E-state index contributed by atoms with van der Waals surface area (Å²) >= 11 is 5.76. The van der Waals surface area contributed by atoms with Gasteiger partial charge in [-0.1, -0.05) is 23.7 Å². The molecule has 106 valence electrons. The van der Waals surface area contributed by atoms with E-state index in [2.05, 4.69) is 0 Å². The molecule has 0 radical (unpaired) electrons. The van der Waals surface area contributed by atoms with E-state index in [0.717, 1.165) is 5.56 Å². The first-order valence-corrected chi connectivity index (χ1v) is 6.50. The Balaban J connectivity index is 2.07. The maximum absolute atomic E-state index is 12.0. The molecule has 20 heavy (non-hydrogen) atoms. The summed E-state index contributed by atoms with van der Waals surface area (Å²) in [4.78, 5) is 24.2. The van der Waals surface area contributed by atoms with Crippen molar-refractivity contribution in [1.29, 1.82) is 0 Å². The van der Waals surface area contributed by atoms with Crippen LogP contribution in [0.5, 0.6) is 0 Å². The second kappa shape index (κ2) is 6.07. The van der Waals surface area contributed by atoms with E-state index < -0.39 is 24.0 Å². The van der Waals surface area contributed by atoms with E-state index in [4.69, 9.17) is 16.7 Å². The largest absolute Gasteiger partial charge is 0.480 e. The lowest BCUT2D eigenvalue weighted by molar-refractivity contribution is -0.146. The summed E-state index contributed by atoms with van der Waals surface area (Å²) in [6.45, 7) is 0.0424. The number of nitrogens with zero attached hydrogens (tertiary/aromatic N) is 1. The van der Waals surface area contributed by atoms with Crippen molar-refractivity contribution >= 4 is 29.6 Å². The van der Waals surface area contributed by atoms with Gasteiger partial charge in [0.2, 0.25) is 5.91 Å². The van der Waals surface area contributed by atoms with Crippen molar-refractivity contribution in [3.8, 4) is 0 Å². The first-order chi connectivity index (χ1) is 9.47. The lowest BCUT2D eigenvalue weighted by Crippen LogP contribution is -2.39. The molecular formula is C14H14ClNO4. The number of carboxylic acid groups (broad SMARTS) is 1. The van der Waals surface area contributed by atoms with Gasteiger partial charge in [0.05, 0.1) is 6.10 Å². The number of carbonyl (C=O) groups excluding carboxylic acids is 1. The molecule has 1 fully saturated rings. The third kappa shape index (κ3) is 3.37. The standard InChI is InChI=1S/C14H14ClNO4/c15-10-4-1-9(2-5-10)3-6-13(18)16-8-11(17)7-12(16)14(19)20/h1-6,11-12,17H,7-8H2,(H,19,20)/t11-,12-/m0/s1. The summed E-state index contributed by atoms with van der Waals surface area (Å²) in [6.07, 6.45) is 2.17. The topological polar surface area (TPSA) is 77.8 Å². The number of aliphatic hydroxyl groups is 1. The SMILES string of the molecule is O=C(O)[C@@H]1C[C@H](O)CN1C(=O)C=Cc1ccc(Cl)cc1. The smallest absolute Gasteiger partial charge is 0.326 e. The Hall–Kier alpha value is -1.85. The molecule has 1 aromatic carbocycles. The number of carbonyl (C=O) groups is 2. The van der Waals surface area contributed by atoms with Crippen molar-refractivity contribution in [3.05, 3.63) is 40.9 Å². The Morgan fingerprint density at radius 1 is 1.30 bits per heavy atom. The Morgan fingerprint density at radius 2 is 1.95 bits per heavy atom. The molecule has 2 N–H and O–H groups in total. The summed E-state index contributed by atoms with van der Waals surface area (Å²) in [5.41, 5.74) is 0.786. The highest BCUT2D eigenvalue weighted by Crippen LogP contribution is 2.19. The maximum atomic E-state index is 12.0. The van der Waals surface area contributed by atoms with Gasteiger partial charge in [0.15, 0.2) is 0 Å². The molecule has 0 spiro atoms. The number of hydrogen-bond acceptors (Lipinski definition) is 3. The molecule has 1 aliphatic heterocycles. The zero-order valence-electron chi connectivity index (χ0n) is 10.6. The first kappa shape index (κ1) is 14.6. The average Bonchev–Trinajstić information content (AvgIpc) is 2.80. The summed E-state index contributed by atoms with van der Waals surface area (Å²) in [6, 6.07) is 5.93. The molecule has 0 unspecified atom stereocenters. The molecule has 1 saturated heterocycles. The second-order valence-corrected chi connectivity index (χ2v) is 5.06. The number of likely N-dealkylation sites (tertiary alicyclic amines) is 1. The van der Waals surface area contributed by atoms with E-state index in [9.17, 15) is 14.7 Å². The molecule has 1 amide bonds. The van der Waals surface area contributed by atoms with E-state index in [-0.39, 0.29) is 13.0 Å². The second-order valence-electron chi connectivity index (χ2n) is 4.62. The molecule has 0 saturated carbocycles. The molecule has 2 atom stereocenters. The van der Waals surface area contributed by atoms with Crippen molar-refractivity contribution < 1.29 is 19.8 Å². The van der Waals surface area contributed by atoms with Crippen LogP contribution in [0.25, 0.3) is 6.08 Å². The van der Waals surface area contributed by atoms with Crippen LogP contribution in [0.3, 0.4) is 0 Å². The summed E-state index contributed by atoms with van der Waals surface area (Å²) in [5.74, 6) is -1.53. The molecule has 0 bridgehead atoms. The molecular weight excluding hydrogens is 282 g/mol. The summed E-state index contributed by atoms with van der Waals surface area (Å²) in [7, 11) is 0. The lowest BCUT2D eigenvalue weighted by Gasteiger charge is -2.19. The van der Waals surface area contributed by atoms with Gasteiger partial charge in [0.1, 0.15) is 6.04 Å². The van der Waals surface area contributed by atoms with Gasteiger partial charge in [-0.3, -0.25) is 4.79 Å². The normalized spacial score (nSPS) is 22.4. The number of rotatable bonds is 3. The fourth-order valence-corrected chi connectivity index (χ4v) is 2.25. The number of β-amino-alcohol motifs (C(OH)–C–C–N with tert-alkyl or cyclic N) is 1. The van der Waals surface area contributed by atoms with Crippen LogP contribution in [0, 0.1) is 0 Å². The third-order valence-corrected chi connectivity index (χ3v) is 3.39. The molecule has 1 aliphatic rings. The van der Waals surface area contributed by atoms with Gasteiger partial charge < -0.3 is 15.1 Å². The van der Waals surface area contributed by atoms with Crippen LogP contribution in [-0.4, -0.2) is 45.7 Å². The van der Waals surface area contributed by atoms with Crippen LogP contribution in [-0.2, 0) is 9.59 Å². The predicted octanol–water partition coefficient (Wildman–Crippen LogP) is 1.40. The zero-order chi connectivity index (χ0) is 14.7. The van der Waals surface area contributed by atoms with Gasteiger partial charge in [0, 0.05) is 24.1 Å². The molecule has 1 heterocycles. The summed E-state index contributed by atoms with van der Waals surface area (Å²) in [5, 5.41) is 19.1. The minimum atomic E-state index is -1.10. The van der Waals surface area contributed by atoms with E-state index >= 15 is 0 Å². The van der Waals surface area contributed by atoms with Crippen LogP contribution in [0.4, 0.5) is 0 Å². The fraction of sp³-hybridized carbons (Fsp3) is 0.286. The van der Waals surface area contributed by atoms with Crippen molar-refractivity contribution in [2.75, 3.05) is 6.54 Å². The number of hydrogen-bond donors (Lipinski definition) is 2. The van der Waals surface area contributed by atoms with E-state index in [1.807, 2.05) is 0 Å². The Kier molecular flexibility index (Phi) is 4.42. The fourth-order valence-electron chi connectivity index (χ4n) is 2.13. The average molecular weight is 296 g/mol. The molecule has 0 aliphatic carbocycles. The van der Waals surface area contributed by atoms with Crippen LogP contribution < -0.4 is 0 Å². The van der Waals surface area contributed by atoms with Gasteiger partial charge in [-0.2, -0.15) is 0 Å². The highest BCUT2D eigenvalue weighted by Gasteiger charge is 2.37. The van der Waals surface area contributed by atoms with E-state index in [1.165, 1.54) is 11.0 Å². The quantitative estimate of drug-likeness (QED) is 0.826. The highest BCUT2D eigenvalue weighted by molar-refractivity contribution is 6.30. The van der Waals surface area contributed by atoms with Gasteiger partial charge in [-0.05, 0) is 23.8 Å². The van der Waals surface area contributed by atoms with E-state index in [1.54, 1.807) is 30.3 Å². The third-order valence-electron chi connectivity index (χ3n) is 3.14. The monoisotopic (exact) mass is 295 g/mol. The van der Waals surface area contributed by atoms with Crippen molar-refractivity contribution in [2.24, 2.45) is 0 Å². The van der Waals surface area contributed by atoms with Crippen molar-refractivity contribution in [2.45, 2.75) is 18.6 Å². The van der Waals surface area contributed by atoms with Crippen molar-refractivity contribution in [1.82, 2.24) is 4.90 Å². The van der Waals surface area contributed by atoms with Crippen LogP contribution >= 0.6 is 11.6 Å². The minimum Gasteiger partial charge on any atom is -0.480 e. The van der Waals surface area contributed by atoms with Crippen LogP contribution in [0.1, 0.15) is 12.0 Å². The number of aliphatic carboxylic acids is 1. The molecule has 5 nitrogen and oxygen atoms in total.